The van der Waals surface area contributed by atoms with Crippen LogP contribution >= 0.6 is 0 Å². The van der Waals surface area contributed by atoms with E-state index in [4.69, 9.17) is 0 Å². The minimum absolute atomic E-state index is 0.164. The van der Waals surface area contributed by atoms with Crippen LogP contribution in [0.4, 0.5) is 4.39 Å². The third-order valence-corrected chi connectivity index (χ3v) is 5.70. The molecule has 0 unspecified atom stereocenters. The van der Waals surface area contributed by atoms with Crippen molar-refractivity contribution in [3.8, 4) is 17.2 Å². The molecular weight excluding hydrogens is 379 g/mol. The topological polar surface area (TPSA) is 64.3 Å². The number of nitriles is 1. The summed E-state index contributed by atoms with van der Waals surface area (Å²) in [5.41, 5.74) is 2.73. The highest BCUT2D eigenvalue weighted by Crippen LogP contribution is 2.44. The average molecular weight is 400 g/mol. The summed E-state index contributed by atoms with van der Waals surface area (Å²) in [7, 11) is 0. The Morgan fingerprint density at radius 3 is 2.27 bits per heavy atom. The highest BCUT2D eigenvalue weighted by atomic mass is 19.1. The molecule has 30 heavy (non-hydrogen) atoms. The number of amides is 1. The van der Waals surface area contributed by atoms with Gasteiger partial charge in [-0.25, -0.2) is 4.39 Å². The van der Waals surface area contributed by atoms with Gasteiger partial charge in [0.05, 0.1) is 25.1 Å². The molecule has 0 aliphatic carbocycles. The van der Waals surface area contributed by atoms with Crippen LogP contribution in [0.3, 0.4) is 0 Å². The third kappa shape index (κ3) is 3.47. The summed E-state index contributed by atoms with van der Waals surface area (Å²) >= 11 is 0. The van der Waals surface area contributed by atoms with Crippen LogP contribution in [0.5, 0.6) is 0 Å². The zero-order valence-corrected chi connectivity index (χ0v) is 16.3. The summed E-state index contributed by atoms with van der Waals surface area (Å²) in [5.74, 6) is -0.947. The number of nitrogens with zero attached hydrogens (tertiary/aromatic N) is 2. The number of likely N-dealkylation sites (tertiary alicyclic amines) is 1. The first-order chi connectivity index (χ1) is 14.7. The number of hydrogen-bond donors (Lipinski definition) is 1. The number of hydrogen-bond acceptors (Lipinski definition) is 3. The summed E-state index contributed by atoms with van der Waals surface area (Å²) in [6.45, 7) is -0.269. The number of aliphatic hydroxyl groups is 1. The van der Waals surface area contributed by atoms with Crippen LogP contribution in [-0.4, -0.2) is 34.6 Å². The van der Waals surface area contributed by atoms with E-state index in [2.05, 4.69) is 6.07 Å². The van der Waals surface area contributed by atoms with Gasteiger partial charge in [0.2, 0.25) is 5.91 Å². The minimum Gasteiger partial charge on any atom is -0.394 e. The van der Waals surface area contributed by atoms with Crippen LogP contribution in [0.2, 0.25) is 0 Å². The molecule has 1 saturated heterocycles. The summed E-state index contributed by atoms with van der Waals surface area (Å²) in [5, 5.41) is 19.9. The fraction of sp³-hybridized carbons (Fsp3) is 0.200. The third-order valence-electron chi connectivity index (χ3n) is 5.70. The number of benzene rings is 3. The Bertz CT molecular complexity index is 1090. The molecule has 0 radical (unpaired) electrons. The van der Waals surface area contributed by atoms with Gasteiger partial charge in [0.25, 0.3) is 0 Å². The van der Waals surface area contributed by atoms with Crippen LogP contribution in [-0.2, 0) is 11.2 Å². The summed E-state index contributed by atoms with van der Waals surface area (Å²) in [6, 6.07) is 24.1. The maximum absolute atomic E-state index is 14.5. The van der Waals surface area contributed by atoms with Gasteiger partial charge < -0.3 is 10.0 Å². The van der Waals surface area contributed by atoms with Crippen LogP contribution in [0, 0.1) is 17.1 Å². The van der Waals surface area contributed by atoms with E-state index in [1.807, 2.05) is 54.6 Å². The van der Waals surface area contributed by atoms with Gasteiger partial charge in [0, 0.05) is 11.5 Å². The predicted molar refractivity (Wildman–Crippen MR) is 112 cm³/mol. The van der Waals surface area contributed by atoms with E-state index in [-0.39, 0.29) is 24.8 Å². The summed E-state index contributed by atoms with van der Waals surface area (Å²) < 4.78 is 14.5. The lowest BCUT2D eigenvalue weighted by Gasteiger charge is -2.52. The van der Waals surface area contributed by atoms with Crippen LogP contribution in [0.25, 0.3) is 11.1 Å². The quantitative estimate of drug-likeness (QED) is 0.706. The lowest BCUT2D eigenvalue weighted by molar-refractivity contribution is -0.146. The molecule has 0 saturated carbocycles. The Kier molecular flexibility index (Phi) is 5.60. The van der Waals surface area contributed by atoms with Gasteiger partial charge in [0.15, 0.2) is 0 Å². The van der Waals surface area contributed by atoms with Crippen LogP contribution < -0.4 is 0 Å². The molecule has 1 heterocycles. The molecule has 3 atom stereocenters. The molecule has 150 valence electrons. The Morgan fingerprint density at radius 1 is 0.967 bits per heavy atom. The number of halogens is 1. The van der Waals surface area contributed by atoms with E-state index in [0.29, 0.717) is 11.1 Å². The van der Waals surface area contributed by atoms with Gasteiger partial charge in [-0.15, -0.1) is 0 Å². The molecule has 1 aliphatic heterocycles. The van der Waals surface area contributed by atoms with Gasteiger partial charge in [-0.2, -0.15) is 5.26 Å². The zero-order valence-electron chi connectivity index (χ0n) is 16.3. The first-order valence-corrected chi connectivity index (χ1v) is 9.85. The van der Waals surface area contributed by atoms with Crippen LogP contribution in [0.1, 0.15) is 17.0 Å². The summed E-state index contributed by atoms with van der Waals surface area (Å²) in [4.78, 5) is 14.4. The van der Waals surface area contributed by atoms with Crippen molar-refractivity contribution < 1.29 is 14.3 Å². The van der Waals surface area contributed by atoms with Crippen molar-refractivity contribution in [1.82, 2.24) is 4.90 Å². The van der Waals surface area contributed by atoms with Crippen molar-refractivity contribution in [1.29, 1.82) is 5.26 Å². The molecule has 1 amide bonds. The molecular formula is C25H21FN2O2. The van der Waals surface area contributed by atoms with E-state index in [1.165, 1.54) is 11.0 Å². The largest absolute Gasteiger partial charge is 0.394 e. The van der Waals surface area contributed by atoms with E-state index in [0.717, 1.165) is 11.1 Å². The SMILES string of the molecule is N#C[C@H]1[C@@H](c2ccccc2-c2ccccc2F)[C@@H](CO)N1C(=O)Cc1ccccc1. The maximum atomic E-state index is 14.5. The van der Waals surface area contributed by atoms with Crippen molar-refractivity contribution in [3.05, 3.63) is 95.8 Å². The molecule has 1 aliphatic rings. The van der Waals surface area contributed by atoms with Gasteiger partial charge in [-0.05, 0) is 22.8 Å². The summed E-state index contributed by atoms with van der Waals surface area (Å²) in [6.07, 6.45) is 0.164. The second-order valence-corrected chi connectivity index (χ2v) is 7.38. The van der Waals surface area contributed by atoms with Crippen molar-refractivity contribution in [2.45, 2.75) is 24.4 Å². The zero-order chi connectivity index (χ0) is 21.1. The van der Waals surface area contributed by atoms with Gasteiger partial charge >= 0.3 is 0 Å². The number of rotatable bonds is 5. The van der Waals surface area contributed by atoms with Crippen molar-refractivity contribution >= 4 is 5.91 Å². The van der Waals surface area contributed by atoms with Crippen molar-refractivity contribution in [2.24, 2.45) is 0 Å². The molecule has 4 nitrogen and oxygen atoms in total. The normalized spacial score (nSPS) is 20.3. The second kappa shape index (κ2) is 8.48. The predicted octanol–water partition coefficient (Wildman–Crippen LogP) is 3.91. The molecule has 3 aromatic rings. The maximum Gasteiger partial charge on any atom is 0.228 e. The van der Waals surface area contributed by atoms with Crippen LogP contribution in [0.15, 0.2) is 78.9 Å². The number of aliphatic hydroxyl groups excluding tert-OH is 1. The minimum atomic E-state index is -0.716. The molecule has 0 bridgehead atoms. The smallest absolute Gasteiger partial charge is 0.228 e. The Hall–Kier alpha value is -3.49. The van der Waals surface area contributed by atoms with Gasteiger partial charge in [0.1, 0.15) is 11.9 Å². The second-order valence-electron chi connectivity index (χ2n) is 7.38. The van der Waals surface area contributed by atoms with E-state index in [9.17, 15) is 19.6 Å². The standard InChI is InChI=1S/C25H21FN2O2/c26-21-13-7-6-11-19(21)18-10-4-5-12-20(18)25-22(15-27)28(23(25)16-29)24(30)14-17-8-2-1-3-9-17/h1-13,22-23,25,29H,14,16H2/t22-,23+,25+/m0/s1. The molecule has 3 aromatic carbocycles. The fourth-order valence-electron chi connectivity index (χ4n) is 4.30. The molecule has 1 N–H and O–H groups in total. The molecule has 5 heteroatoms. The Labute approximate surface area is 174 Å². The number of carbonyl (C=O) groups is 1. The Balaban J connectivity index is 1.67. The van der Waals surface area contributed by atoms with Gasteiger partial charge in [-0.1, -0.05) is 72.8 Å². The Morgan fingerprint density at radius 2 is 1.60 bits per heavy atom. The van der Waals surface area contributed by atoms with Gasteiger partial charge in [-0.3, -0.25) is 4.79 Å². The number of carbonyl (C=O) groups excluding carboxylic acids is 1. The fourth-order valence-corrected chi connectivity index (χ4v) is 4.30. The average Bonchev–Trinajstić information content (AvgIpc) is 2.75. The van der Waals surface area contributed by atoms with E-state index < -0.39 is 18.0 Å². The van der Waals surface area contributed by atoms with Crippen molar-refractivity contribution in [2.75, 3.05) is 6.61 Å². The highest BCUT2D eigenvalue weighted by molar-refractivity contribution is 5.82. The molecule has 0 spiro atoms. The highest BCUT2D eigenvalue weighted by Gasteiger charge is 2.52. The first kappa shape index (κ1) is 19.8. The van der Waals surface area contributed by atoms with Crippen molar-refractivity contribution in [3.63, 3.8) is 0 Å². The molecule has 1 fully saturated rings. The monoisotopic (exact) mass is 400 g/mol. The van der Waals surface area contributed by atoms with E-state index in [1.54, 1.807) is 18.2 Å². The molecule has 0 aromatic heterocycles. The lowest BCUT2D eigenvalue weighted by Crippen LogP contribution is -2.65. The molecule has 4 rings (SSSR count). The van der Waals surface area contributed by atoms with E-state index >= 15 is 0 Å². The first-order valence-electron chi connectivity index (χ1n) is 9.85. The lowest BCUT2D eigenvalue weighted by atomic mass is 9.73.